The molecular weight excluding hydrogens is 302 g/mol. The van der Waals surface area contributed by atoms with E-state index in [1.807, 2.05) is 19.1 Å². The predicted molar refractivity (Wildman–Crippen MR) is 95.2 cm³/mol. The van der Waals surface area contributed by atoms with E-state index in [2.05, 4.69) is 16.0 Å². The molecule has 1 fully saturated rings. The lowest BCUT2D eigenvalue weighted by Crippen LogP contribution is -2.24. The van der Waals surface area contributed by atoms with E-state index in [1.54, 1.807) is 36.4 Å². The van der Waals surface area contributed by atoms with Crippen molar-refractivity contribution in [3.8, 4) is 0 Å². The minimum atomic E-state index is -0.149. The molecule has 0 radical (unpaired) electrons. The molecule has 2 aromatic carbocycles. The van der Waals surface area contributed by atoms with E-state index in [4.69, 9.17) is 0 Å². The predicted octanol–water partition coefficient (Wildman–Crippen LogP) is 2.80. The molecule has 124 valence electrons. The van der Waals surface area contributed by atoms with Gasteiger partial charge in [0.2, 0.25) is 5.91 Å². The number of hydrogen-bond acceptors (Lipinski definition) is 3. The fraction of sp³-hybridized carbons (Fsp3) is 0.263. The van der Waals surface area contributed by atoms with Gasteiger partial charge < -0.3 is 16.0 Å². The van der Waals surface area contributed by atoms with Crippen LogP contribution in [0.2, 0.25) is 0 Å². The van der Waals surface area contributed by atoms with Gasteiger partial charge in [-0.1, -0.05) is 17.7 Å². The van der Waals surface area contributed by atoms with Crippen molar-refractivity contribution in [3.63, 3.8) is 0 Å². The molecular formula is C19H21N3O2. The smallest absolute Gasteiger partial charge is 0.255 e. The summed E-state index contributed by atoms with van der Waals surface area (Å²) in [7, 11) is 0. The highest BCUT2D eigenvalue weighted by molar-refractivity contribution is 6.04. The Balaban J connectivity index is 1.58. The topological polar surface area (TPSA) is 70.2 Å². The summed E-state index contributed by atoms with van der Waals surface area (Å²) in [6, 6.07) is 14.6. The lowest BCUT2D eigenvalue weighted by Gasteiger charge is -2.11. The fourth-order valence-corrected chi connectivity index (χ4v) is 2.67. The summed E-state index contributed by atoms with van der Waals surface area (Å²) in [5.41, 5.74) is 3.16. The van der Waals surface area contributed by atoms with Gasteiger partial charge in [-0.15, -0.1) is 0 Å². The molecule has 5 nitrogen and oxygen atoms in total. The van der Waals surface area contributed by atoms with Crippen molar-refractivity contribution >= 4 is 23.2 Å². The zero-order valence-electron chi connectivity index (χ0n) is 13.6. The van der Waals surface area contributed by atoms with Crippen molar-refractivity contribution in [3.05, 3.63) is 59.7 Å². The van der Waals surface area contributed by atoms with Gasteiger partial charge in [0.25, 0.3) is 5.91 Å². The Kier molecular flexibility index (Phi) is 4.91. The molecule has 0 aromatic heterocycles. The van der Waals surface area contributed by atoms with Crippen LogP contribution in [0.15, 0.2) is 48.5 Å². The third kappa shape index (κ3) is 4.00. The quantitative estimate of drug-likeness (QED) is 0.810. The molecule has 2 amide bonds. The molecule has 0 spiro atoms. The molecule has 1 atom stereocenters. The second kappa shape index (κ2) is 7.27. The first-order valence-corrected chi connectivity index (χ1v) is 8.11. The zero-order chi connectivity index (χ0) is 16.9. The number of nitrogens with one attached hydrogen (secondary N) is 3. The Morgan fingerprint density at radius 1 is 0.958 bits per heavy atom. The van der Waals surface area contributed by atoms with Crippen LogP contribution in [-0.4, -0.2) is 24.9 Å². The van der Waals surface area contributed by atoms with E-state index >= 15 is 0 Å². The molecule has 1 heterocycles. The molecule has 5 heteroatoms. The number of carbonyl (C=O) groups excluding carboxylic acids is 2. The third-order valence-corrected chi connectivity index (χ3v) is 4.16. The highest BCUT2D eigenvalue weighted by atomic mass is 16.2. The molecule has 24 heavy (non-hydrogen) atoms. The number of rotatable bonds is 4. The van der Waals surface area contributed by atoms with Gasteiger partial charge in [0.15, 0.2) is 0 Å². The van der Waals surface area contributed by atoms with Gasteiger partial charge >= 0.3 is 0 Å². The Bertz CT molecular complexity index is 717. The van der Waals surface area contributed by atoms with E-state index < -0.39 is 0 Å². The van der Waals surface area contributed by atoms with Crippen LogP contribution in [0.4, 0.5) is 11.4 Å². The number of amides is 2. The average Bonchev–Trinajstić information content (AvgIpc) is 3.12. The summed E-state index contributed by atoms with van der Waals surface area (Å²) in [6.45, 7) is 3.61. The van der Waals surface area contributed by atoms with E-state index in [-0.39, 0.29) is 17.7 Å². The van der Waals surface area contributed by atoms with E-state index in [0.717, 1.165) is 30.8 Å². The maximum atomic E-state index is 12.2. The van der Waals surface area contributed by atoms with Crippen molar-refractivity contribution in [1.82, 2.24) is 5.32 Å². The van der Waals surface area contributed by atoms with Crippen LogP contribution < -0.4 is 16.0 Å². The number of aryl methyl sites for hydroxylation is 1. The van der Waals surface area contributed by atoms with Crippen molar-refractivity contribution in [2.45, 2.75) is 13.3 Å². The van der Waals surface area contributed by atoms with Gasteiger partial charge in [0, 0.05) is 23.5 Å². The molecule has 1 aliphatic rings. The highest BCUT2D eigenvalue weighted by Crippen LogP contribution is 2.17. The van der Waals surface area contributed by atoms with Crippen LogP contribution in [0, 0.1) is 12.8 Å². The van der Waals surface area contributed by atoms with Crippen molar-refractivity contribution < 1.29 is 9.59 Å². The lowest BCUT2D eigenvalue weighted by atomic mass is 10.1. The molecule has 2 aromatic rings. The molecule has 0 saturated carbocycles. The zero-order valence-corrected chi connectivity index (χ0v) is 13.6. The summed E-state index contributed by atoms with van der Waals surface area (Å²) < 4.78 is 0. The molecule has 1 aliphatic heterocycles. The minimum Gasteiger partial charge on any atom is -0.326 e. The van der Waals surface area contributed by atoms with Crippen molar-refractivity contribution in [1.29, 1.82) is 0 Å². The standard InChI is InChI=1S/C19H21N3O2/c1-13-2-4-14(5-3-13)18(23)21-16-6-8-17(9-7-16)22-19(24)15-10-11-20-12-15/h2-9,15,20H,10-12H2,1H3,(H,21,23)(H,22,24). The van der Waals surface area contributed by atoms with E-state index in [9.17, 15) is 9.59 Å². The lowest BCUT2D eigenvalue weighted by molar-refractivity contribution is -0.119. The molecule has 3 N–H and O–H groups in total. The number of benzene rings is 2. The van der Waals surface area contributed by atoms with Gasteiger partial charge in [-0.2, -0.15) is 0 Å². The van der Waals surface area contributed by atoms with Crippen molar-refractivity contribution in [2.75, 3.05) is 23.7 Å². The SMILES string of the molecule is Cc1ccc(C(=O)Nc2ccc(NC(=O)C3CCNC3)cc2)cc1. The van der Waals surface area contributed by atoms with Gasteiger partial charge in [-0.25, -0.2) is 0 Å². The molecule has 3 rings (SSSR count). The van der Waals surface area contributed by atoms with Gasteiger partial charge in [0.1, 0.15) is 0 Å². The molecule has 0 aliphatic carbocycles. The molecule has 1 unspecified atom stereocenters. The minimum absolute atomic E-state index is 0.0333. The van der Waals surface area contributed by atoms with E-state index in [0.29, 0.717) is 11.3 Å². The van der Waals surface area contributed by atoms with Crippen LogP contribution in [-0.2, 0) is 4.79 Å². The van der Waals surface area contributed by atoms with Crippen LogP contribution in [0.1, 0.15) is 22.3 Å². The third-order valence-electron chi connectivity index (χ3n) is 4.16. The summed E-state index contributed by atoms with van der Waals surface area (Å²) in [6.07, 6.45) is 0.872. The Hall–Kier alpha value is -2.66. The maximum absolute atomic E-state index is 12.2. The second-order valence-electron chi connectivity index (χ2n) is 6.08. The summed E-state index contributed by atoms with van der Waals surface area (Å²) in [4.78, 5) is 24.2. The number of carbonyl (C=O) groups is 2. The summed E-state index contributed by atoms with van der Waals surface area (Å²) in [5, 5.41) is 8.94. The monoisotopic (exact) mass is 323 g/mol. The fourth-order valence-electron chi connectivity index (χ4n) is 2.67. The maximum Gasteiger partial charge on any atom is 0.255 e. The van der Waals surface area contributed by atoms with Crippen LogP contribution in [0.5, 0.6) is 0 Å². The first kappa shape index (κ1) is 16.2. The van der Waals surface area contributed by atoms with Crippen LogP contribution in [0.3, 0.4) is 0 Å². The Morgan fingerprint density at radius 3 is 2.17 bits per heavy atom. The van der Waals surface area contributed by atoms with Crippen molar-refractivity contribution in [2.24, 2.45) is 5.92 Å². The van der Waals surface area contributed by atoms with Gasteiger partial charge in [-0.05, 0) is 56.3 Å². The number of hydrogen-bond donors (Lipinski definition) is 3. The van der Waals surface area contributed by atoms with E-state index in [1.165, 1.54) is 0 Å². The molecule has 1 saturated heterocycles. The van der Waals surface area contributed by atoms with Crippen LogP contribution in [0.25, 0.3) is 0 Å². The van der Waals surface area contributed by atoms with Crippen LogP contribution >= 0.6 is 0 Å². The number of anilines is 2. The Labute approximate surface area is 141 Å². The second-order valence-corrected chi connectivity index (χ2v) is 6.08. The average molecular weight is 323 g/mol. The summed E-state index contributed by atoms with van der Waals surface area (Å²) in [5.74, 6) is -0.0776. The summed E-state index contributed by atoms with van der Waals surface area (Å²) >= 11 is 0. The molecule has 0 bridgehead atoms. The first-order chi connectivity index (χ1) is 11.6. The van der Waals surface area contributed by atoms with Gasteiger partial charge in [-0.3, -0.25) is 9.59 Å². The normalized spacial score (nSPS) is 16.6. The Morgan fingerprint density at radius 2 is 1.58 bits per heavy atom. The van der Waals surface area contributed by atoms with Gasteiger partial charge in [0.05, 0.1) is 5.92 Å². The largest absolute Gasteiger partial charge is 0.326 e. The first-order valence-electron chi connectivity index (χ1n) is 8.11. The highest BCUT2D eigenvalue weighted by Gasteiger charge is 2.22.